The molecule has 1 saturated heterocycles. The van der Waals surface area contributed by atoms with E-state index in [0.29, 0.717) is 43.9 Å². The maximum Gasteiger partial charge on any atom is 0.401 e. The topological polar surface area (TPSA) is 41.6 Å². The fourth-order valence-corrected chi connectivity index (χ4v) is 4.60. The lowest BCUT2D eigenvalue weighted by Crippen LogP contribution is -2.40. The molecule has 148 valence electrons. The van der Waals surface area contributed by atoms with Gasteiger partial charge < -0.3 is 10.1 Å². The molecule has 27 heavy (non-hydrogen) atoms. The molecule has 1 saturated carbocycles. The number of ether oxygens (including phenoxy) is 1. The number of anilines is 1. The molecule has 3 aliphatic rings. The van der Waals surface area contributed by atoms with Gasteiger partial charge in [0.25, 0.3) is 0 Å². The molecule has 4 nitrogen and oxygen atoms in total. The predicted octanol–water partition coefficient (Wildman–Crippen LogP) is 3.86. The van der Waals surface area contributed by atoms with Crippen molar-refractivity contribution < 1.29 is 22.7 Å². The van der Waals surface area contributed by atoms with Crippen LogP contribution in [0.15, 0.2) is 18.2 Å². The van der Waals surface area contributed by atoms with Gasteiger partial charge in [-0.1, -0.05) is 0 Å². The maximum absolute atomic E-state index is 12.5. The molecular weight excluding hydrogens is 357 g/mol. The third-order valence-electron chi connectivity index (χ3n) is 6.08. The van der Waals surface area contributed by atoms with Crippen LogP contribution in [-0.2, 0) is 11.2 Å². The molecule has 0 spiro atoms. The average Bonchev–Trinajstić information content (AvgIpc) is 3.26. The maximum atomic E-state index is 12.5. The largest absolute Gasteiger partial charge is 0.494 e. The first-order valence-corrected chi connectivity index (χ1v) is 9.72. The van der Waals surface area contributed by atoms with Crippen molar-refractivity contribution in [1.29, 1.82) is 0 Å². The number of nitrogens with one attached hydrogen (secondary N) is 1. The van der Waals surface area contributed by atoms with Gasteiger partial charge in [-0.25, -0.2) is 0 Å². The molecule has 2 atom stereocenters. The number of nitrogens with zero attached hydrogens (tertiary/aromatic N) is 1. The Balaban J connectivity index is 1.16. The van der Waals surface area contributed by atoms with Gasteiger partial charge in [-0.05, 0) is 80.3 Å². The first-order valence-electron chi connectivity index (χ1n) is 9.72. The Morgan fingerprint density at radius 2 is 2.00 bits per heavy atom. The van der Waals surface area contributed by atoms with Crippen LogP contribution in [0.2, 0.25) is 0 Å². The molecule has 2 unspecified atom stereocenters. The van der Waals surface area contributed by atoms with Gasteiger partial charge in [-0.3, -0.25) is 9.69 Å². The minimum absolute atomic E-state index is 0.0178. The molecule has 2 heterocycles. The highest BCUT2D eigenvalue weighted by molar-refractivity contribution is 5.99. The van der Waals surface area contributed by atoms with Crippen molar-refractivity contribution in [3.8, 4) is 5.75 Å². The molecule has 1 aliphatic carbocycles. The Bertz CT molecular complexity index is 699. The van der Waals surface area contributed by atoms with Crippen LogP contribution in [0.5, 0.6) is 5.75 Å². The van der Waals surface area contributed by atoms with Crippen LogP contribution in [0.1, 0.15) is 31.2 Å². The van der Waals surface area contributed by atoms with Crippen LogP contribution in [0, 0.1) is 17.8 Å². The second-order valence-electron chi connectivity index (χ2n) is 8.07. The molecule has 0 aromatic heterocycles. The smallest absolute Gasteiger partial charge is 0.401 e. The SMILES string of the molecule is O=C1Cc2cc(OCCC3CC3C3CCN(CC(F)(F)F)CC3)ccc2N1. The summed E-state index contributed by atoms with van der Waals surface area (Å²) < 4.78 is 43.3. The summed E-state index contributed by atoms with van der Waals surface area (Å²) >= 11 is 0. The number of rotatable bonds is 6. The number of benzene rings is 1. The van der Waals surface area contributed by atoms with Crippen LogP contribution in [0.4, 0.5) is 18.9 Å². The van der Waals surface area contributed by atoms with Gasteiger partial charge in [-0.2, -0.15) is 13.2 Å². The number of alkyl halides is 3. The van der Waals surface area contributed by atoms with Crippen molar-refractivity contribution >= 4 is 11.6 Å². The number of carbonyl (C=O) groups is 1. The van der Waals surface area contributed by atoms with Gasteiger partial charge in [-0.15, -0.1) is 0 Å². The number of halogens is 3. The van der Waals surface area contributed by atoms with Crippen LogP contribution in [0.3, 0.4) is 0 Å². The third-order valence-corrected chi connectivity index (χ3v) is 6.08. The summed E-state index contributed by atoms with van der Waals surface area (Å²) in [6, 6.07) is 5.68. The summed E-state index contributed by atoms with van der Waals surface area (Å²) in [4.78, 5) is 12.9. The van der Waals surface area contributed by atoms with E-state index in [-0.39, 0.29) is 5.91 Å². The Labute approximate surface area is 157 Å². The standard InChI is InChI=1S/C20H25F3N2O2/c21-20(22,23)12-25-6-3-13(4-7-25)17-10-14(17)5-8-27-16-1-2-18-15(9-16)11-19(26)24-18/h1-2,9,13-14,17H,3-8,10-12H2,(H,24,26). The van der Waals surface area contributed by atoms with Crippen molar-refractivity contribution in [2.45, 2.75) is 38.3 Å². The number of piperidine rings is 1. The zero-order valence-electron chi connectivity index (χ0n) is 15.2. The fourth-order valence-electron chi connectivity index (χ4n) is 4.60. The zero-order chi connectivity index (χ0) is 19.0. The molecule has 4 rings (SSSR count). The fraction of sp³-hybridized carbons (Fsp3) is 0.650. The number of amides is 1. The van der Waals surface area contributed by atoms with E-state index in [1.807, 2.05) is 18.2 Å². The van der Waals surface area contributed by atoms with Gasteiger partial charge >= 0.3 is 6.18 Å². The summed E-state index contributed by atoms with van der Waals surface area (Å²) in [5, 5.41) is 2.81. The molecule has 2 fully saturated rings. The van der Waals surface area contributed by atoms with Gasteiger partial charge in [0, 0.05) is 5.69 Å². The Kier molecular flexibility index (Phi) is 5.05. The highest BCUT2D eigenvalue weighted by atomic mass is 19.4. The van der Waals surface area contributed by atoms with Crippen molar-refractivity contribution in [3.05, 3.63) is 23.8 Å². The van der Waals surface area contributed by atoms with Crippen LogP contribution in [0.25, 0.3) is 0 Å². The molecule has 1 aromatic carbocycles. The normalized spacial score (nSPS) is 26.0. The molecule has 1 aromatic rings. The van der Waals surface area contributed by atoms with Crippen molar-refractivity contribution in [2.75, 3.05) is 31.6 Å². The number of hydrogen-bond acceptors (Lipinski definition) is 3. The summed E-state index contributed by atoms with van der Waals surface area (Å²) in [5.41, 5.74) is 1.85. The molecule has 0 bridgehead atoms. The van der Waals surface area contributed by atoms with E-state index in [0.717, 1.165) is 36.3 Å². The Hall–Kier alpha value is -1.76. The van der Waals surface area contributed by atoms with Gasteiger partial charge in [0.05, 0.1) is 19.6 Å². The number of carbonyl (C=O) groups excluding carboxylic acids is 1. The lowest BCUT2D eigenvalue weighted by molar-refractivity contribution is -0.148. The molecule has 2 aliphatic heterocycles. The first-order chi connectivity index (χ1) is 12.9. The van der Waals surface area contributed by atoms with Crippen molar-refractivity contribution in [1.82, 2.24) is 4.90 Å². The van der Waals surface area contributed by atoms with Gasteiger partial charge in [0.15, 0.2) is 0 Å². The van der Waals surface area contributed by atoms with Crippen LogP contribution < -0.4 is 10.1 Å². The summed E-state index contributed by atoms with van der Waals surface area (Å²) in [6.45, 7) is 0.995. The molecule has 1 amide bonds. The van der Waals surface area contributed by atoms with Gasteiger partial charge in [0.2, 0.25) is 5.91 Å². The van der Waals surface area contributed by atoms with E-state index >= 15 is 0 Å². The van der Waals surface area contributed by atoms with Crippen molar-refractivity contribution in [3.63, 3.8) is 0 Å². The van der Waals surface area contributed by atoms with Crippen molar-refractivity contribution in [2.24, 2.45) is 17.8 Å². The highest BCUT2D eigenvalue weighted by Crippen LogP contribution is 2.49. The summed E-state index contributed by atoms with van der Waals surface area (Å²) in [5.74, 6) is 2.68. The van der Waals surface area contributed by atoms with E-state index in [4.69, 9.17) is 4.74 Å². The summed E-state index contributed by atoms with van der Waals surface area (Å²) in [6.07, 6.45) is 0.239. The Morgan fingerprint density at radius 3 is 2.74 bits per heavy atom. The van der Waals surface area contributed by atoms with E-state index < -0.39 is 12.7 Å². The van der Waals surface area contributed by atoms with E-state index in [2.05, 4.69) is 5.32 Å². The molecule has 7 heteroatoms. The van der Waals surface area contributed by atoms with E-state index in [1.165, 1.54) is 11.3 Å². The van der Waals surface area contributed by atoms with Crippen LogP contribution in [-0.4, -0.2) is 43.2 Å². The number of likely N-dealkylation sites (tertiary alicyclic amines) is 1. The van der Waals surface area contributed by atoms with E-state index in [9.17, 15) is 18.0 Å². The third kappa shape index (κ3) is 4.75. The minimum atomic E-state index is -4.09. The van der Waals surface area contributed by atoms with Crippen LogP contribution >= 0.6 is 0 Å². The second kappa shape index (κ2) is 7.34. The predicted molar refractivity (Wildman–Crippen MR) is 95.7 cm³/mol. The number of fused-ring (bicyclic) bond motifs is 1. The quantitative estimate of drug-likeness (QED) is 0.812. The van der Waals surface area contributed by atoms with E-state index in [1.54, 1.807) is 0 Å². The summed E-state index contributed by atoms with van der Waals surface area (Å²) in [7, 11) is 0. The minimum Gasteiger partial charge on any atom is -0.494 e. The lowest BCUT2D eigenvalue weighted by atomic mass is 9.90. The van der Waals surface area contributed by atoms with Gasteiger partial charge in [0.1, 0.15) is 5.75 Å². The number of hydrogen-bond donors (Lipinski definition) is 1. The molecule has 0 radical (unpaired) electrons. The lowest BCUT2D eigenvalue weighted by Gasteiger charge is -2.32. The molecule has 1 N–H and O–H groups in total. The Morgan fingerprint density at radius 1 is 1.22 bits per heavy atom. The second-order valence-corrected chi connectivity index (χ2v) is 8.07. The average molecular weight is 382 g/mol. The zero-order valence-corrected chi connectivity index (χ0v) is 15.2. The highest BCUT2D eigenvalue weighted by Gasteiger charge is 2.43. The molecular formula is C20H25F3N2O2. The monoisotopic (exact) mass is 382 g/mol. The first kappa shape index (κ1) is 18.6.